The van der Waals surface area contributed by atoms with Crippen LogP contribution in [0.15, 0.2) is 23.4 Å². The van der Waals surface area contributed by atoms with Gasteiger partial charge in [-0.2, -0.15) is 0 Å². The molecule has 0 aliphatic carbocycles. The van der Waals surface area contributed by atoms with E-state index in [0.717, 1.165) is 0 Å². The van der Waals surface area contributed by atoms with Crippen LogP contribution in [0.2, 0.25) is 10.0 Å². The zero-order valence-electron chi connectivity index (χ0n) is 11.3. The molecule has 0 aliphatic rings. The number of carbonyl (C=O) groups is 1. The molecule has 0 aliphatic heterocycles. The fraction of sp³-hybridized carbons (Fsp3) is 0.385. The third-order valence-corrected chi connectivity index (χ3v) is 3.49. The molecule has 0 saturated carbocycles. The van der Waals surface area contributed by atoms with Gasteiger partial charge < -0.3 is 15.8 Å². The van der Waals surface area contributed by atoms with Gasteiger partial charge in [0.15, 0.2) is 0 Å². The van der Waals surface area contributed by atoms with E-state index in [0.29, 0.717) is 28.7 Å². The van der Waals surface area contributed by atoms with E-state index < -0.39 is 0 Å². The molecule has 1 aromatic carbocycles. The number of oxime groups is 1. The van der Waals surface area contributed by atoms with Crippen LogP contribution in [0.4, 0.5) is 0 Å². The van der Waals surface area contributed by atoms with Crippen LogP contribution in [0.1, 0.15) is 24.2 Å². The number of carbonyl (C=O) groups excluding carboxylic acids is 1. The van der Waals surface area contributed by atoms with Crippen LogP contribution in [0.5, 0.6) is 0 Å². The van der Waals surface area contributed by atoms with Crippen LogP contribution in [0, 0.1) is 5.92 Å². The molecule has 3 N–H and O–H groups in total. The lowest BCUT2D eigenvalue weighted by atomic mass is 10.1. The number of hydrogen-bond donors (Lipinski definition) is 2. The number of nitrogens with zero attached hydrogens (tertiary/aromatic N) is 2. The van der Waals surface area contributed by atoms with Gasteiger partial charge in [-0.15, -0.1) is 0 Å². The van der Waals surface area contributed by atoms with Crippen molar-refractivity contribution in [1.82, 2.24) is 4.90 Å². The van der Waals surface area contributed by atoms with Crippen molar-refractivity contribution in [3.63, 3.8) is 0 Å². The minimum absolute atomic E-state index is 0.0819. The fourth-order valence-electron chi connectivity index (χ4n) is 1.71. The molecule has 0 bridgehead atoms. The van der Waals surface area contributed by atoms with Gasteiger partial charge in [0.05, 0.1) is 10.6 Å². The van der Waals surface area contributed by atoms with Crippen LogP contribution in [0.25, 0.3) is 0 Å². The third-order valence-electron chi connectivity index (χ3n) is 2.95. The van der Waals surface area contributed by atoms with Gasteiger partial charge in [0, 0.05) is 24.0 Å². The first kappa shape index (κ1) is 16.6. The molecule has 0 aromatic heterocycles. The Balaban J connectivity index is 2.92. The lowest BCUT2D eigenvalue weighted by molar-refractivity contribution is 0.0754. The first-order chi connectivity index (χ1) is 9.40. The Hall–Kier alpha value is -1.46. The summed E-state index contributed by atoms with van der Waals surface area (Å²) >= 11 is 11.8. The highest BCUT2D eigenvalue weighted by atomic mass is 35.5. The minimum atomic E-state index is -0.255. The molecule has 1 atom stereocenters. The quantitative estimate of drug-likeness (QED) is 0.379. The van der Waals surface area contributed by atoms with Gasteiger partial charge in [-0.3, -0.25) is 4.79 Å². The Bertz CT molecular complexity index is 520. The van der Waals surface area contributed by atoms with Crippen molar-refractivity contribution in [2.24, 2.45) is 16.8 Å². The third kappa shape index (κ3) is 4.02. The first-order valence-electron chi connectivity index (χ1n) is 6.12. The number of hydrogen-bond acceptors (Lipinski definition) is 3. The Kier molecular flexibility index (Phi) is 6.10. The van der Waals surface area contributed by atoms with Crippen LogP contribution < -0.4 is 5.73 Å². The van der Waals surface area contributed by atoms with Crippen molar-refractivity contribution in [1.29, 1.82) is 0 Å². The van der Waals surface area contributed by atoms with Gasteiger partial charge in [0.2, 0.25) is 0 Å². The van der Waals surface area contributed by atoms with Crippen LogP contribution >= 0.6 is 23.2 Å². The summed E-state index contributed by atoms with van der Waals surface area (Å²) in [6.07, 6.45) is 0. The highest BCUT2D eigenvalue weighted by molar-refractivity contribution is 6.36. The number of amides is 1. The lowest BCUT2D eigenvalue weighted by Gasteiger charge is -2.24. The lowest BCUT2D eigenvalue weighted by Crippen LogP contribution is -2.38. The van der Waals surface area contributed by atoms with Crippen molar-refractivity contribution in [3.8, 4) is 0 Å². The molecule has 7 heteroatoms. The van der Waals surface area contributed by atoms with Crippen molar-refractivity contribution in [2.45, 2.75) is 13.8 Å². The molecule has 1 rings (SSSR count). The maximum atomic E-state index is 12.4. The second kappa shape index (κ2) is 7.36. The summed E-state index contributed by atoms with van der Waals surface area (Å²) in [4.78, 5) is 14.0. The van der Waals surface area contributed by atoms with E-state index in [-0.39, 0.29) is 17.7 Å². The molecule has 5 nitrogen and oxygen atoms in total. The highest BCUT2D eigenvalue weighted by Crippen LogP contribution is 2.22. The van der Waals surface area contributed by atoms with E-state index in [1.165, 1.54) is 6.07 Å². The molecular formula is C13H17Cl2N3O2. The Labute approximate surface area is 127 Å². The van der Waals surface area contributed by atoms with E-state index in [4.69, 9.17) is 34.1 Å². The molecule has 0 spiro atoms. The van der Waals surface area contributed by atoms with Crippen molar-refractivity contribution in [2.75, 3.05) is 13.1 Å². The second-order valence-corrected chi connectivity index (χ2v) is 5.24. The largest absolute Gasteiger partial charge is 0.409 e. The monoisotopic (exact) mass is 317 g/mol. The molecule has 0 radical (unpaired) electrons. The van der Waals surface area contributed by atoms with Gasteiger partial charge in [0.1, 0.15) is 5.84 Å². The summed E-state index contributed by atoms with van der Waals surface area (Å²) in [5.41, 5.74) is 5.91. The van der Waals surface area contributed by atoms with Gasteiger partial charge >= 0.3 is 0 Å². The Morgan fingerprint density at radius 3 is 2.65 bits per heavy atom. The number of nitrogens with two attached hydrogens (primary N) is 1. The molecular weight excluding hydrogens is 301 g/mol. The summed E-state index contributed by atoms with van der Waals surface area (Å²) in [7, 11) is 0. The predicted octanol–water partition coefficient (Wildman–Crippen LogP) is 2.84. The SMILES string of the molecule is CCN(CC(C)C(N)=NO)C(=O)c1ccc(Cl)cc1Cl. The summed E-state index contributed by atoms with van der Waals surface area (Å²) < 4.78 is 0. The molecule has 1 aromatic rings. The predicted molar refractivity (Wildman–Crippen MR) is 80.6 cm³/mol. The number of rotatable bonds is 5. The minimum Gasteiger partial charge on any atom is -0.409 e. The topological polar surface area (TPSA) is 78.9 Å². The smallest absolute Gasteiger partial charge is 0.255 e. The molecule has 0 fully saturated rings. The summed E-state index contributed by atoms with van der Waals surface area (Å²) in [5, 5.41) is 12.4. The molecule has 0 saturated heterocycles. The molecule has 20 heavy (non-hydrogen) atoms. The summed E-state index contributed by atoms with van der Waals surface area (Å²) in [5.74, 6) is -0.389. The van der Waals surface area contributed by atoms with E-state index in [1.54, 1.807) is 24.0 Å². The Morgan fingerprint density at radius 2 is 2.15 bits per heavy atom. The first-order valence-corrected chi connectivity index (χ1v) is 6.88. The molecule has 0 heterocycles. The number of benzene rings is 1. The maximum Gasteiger partial charge on any atom is 0.255 e. The molecule has 110 valence electrons. The van der Waals surface area contributed by atoms with Crippen LogP contribution in [-0.4, -0.2) is 34.9 Å². The maximum absolute atomic E-state index is 12.4. The van der Waals surface area contributed by atoms with Gasteiger partial charge in [0.25, 0.3) is 5.91 Å². The normalized spacial score (nSPS) is 13.1. The van der Waals surface area contributed by atoms with E-state index in [1.807, 2.05) is 6.92 Å². The second-order valence-electron chi connectivity index (χ2n) is 4.39. The van der Waals surface area contributed by atoms with E-state index in [2.05, 4.69) is 5.16 Å². The van der Waals surface area contributed by atoms with E-state index in [9.17, 15) is 4.79 Å². The van der Waals surface area contributed by atoms with Gasteiger partial charge in [-0.1, -0.05) is 35.3 Å². The summed E-state index contributed by atoms with van der Waals surface area (Å²) in [6, 6.07) is 4.72. The van der Waals surface area contributed by atoms with Crippen molar-refractivity contribution < 1.29 is 10.0 Å². The molecule has 1 unspecified atom stereocenters. The average molecular weight is 318 g/mol. The Morgan fingerprint density at radius 1 is 1.50 bits per heavy atom. The zero-order chi connectivity index (χ0) is 15.3. The van der Waals surface area contributed by atoms with Gasteiger partial charge in [-0.25, -0.2) is 0 Å². The van der Waals surface area contributed by atoms with Crippen molar-refractivity contribution >= 4 is 34.9 Å². The average Bonchev–Trinajstić information content (AvgIpc) is 2.42. The summed E-state index contributed by atoms with van der Waals surface area (Å²) in [6.45, 7) is 4.44. The highest BCUT2D eigenvalue weighted by Gasteiger charge is 2.20. The number of amidine groups is 1. The standard InChI is InChI=1S/C13H17Cl2N3O2/c1-3-18(7-8(2)12(16)17-20)13(19)10-5-4-9(14)6-11(10)15/h4-6,8,20H,3,7H2,1-2H3,(H2,16,17). The van der Waals surface area contributed by atoms with Crippen LogP contribution in [0.3, 0.4) is 0 Å². The van der Waals surface area contributed by atoms with Gasteiger partial charge in [-0.05, 0) is 25.1 Å². The van der Waals surface area contributed by atoms with Crippen molar-refractivity contribution in [3.05, 3.63) is 33.8 Å². The zero-order valence-corrected chi connectivity index (χ0v) is 12.8. The number of halogens is 2. The fourth-order valence-corrected chi connectivity index (χ4v) is 2.20. The van der Waals surface area contributed by atoms with Crippen LogP contribution in [-0.2, 0) is 0 Å². The van der Waals surface area contributed by atoms with E-state index >= 15 is 0 Å². The molecule has 1 amide bonds.